The summed E-state index contributed by atoms with van der Waals surface area (Å²) in [7, 11) is 1.79. The van der Waals surface area contributed by atoms with Crippen LogP contribution in [0.25, 0.3) is 0 Å². The van der Waals surface area contributed by atoms with Crippen molar-refractivity contribution in [3.05, 3.63) is 34.8 Å². The maximum Gasteiger partial charge on any atom is 0.147 e. The van der Waals surface area contributed by atoms with E-state index in [9.17, 15) is 5.11 Å². The predicted molar refractivity (Wildman–Crippen MR) is 69.3 cm³/mol. The minimum absolute atomic E-state index is 0.415. The van der Waals surface area contributed by atoms with E-state index in [0.29, 0.717) is 18.2 Å². The van der Waals surface area contributed by atoms with Crippen LogP contribution in [-0.4, -0.2) is 28.7 Å². The summed E-state index contributed by atoms with van der Waals surface area (Å²) < 4.78 is 0. The van der Waals surface area contributed by atoms with Crippen LogP contribution in [0.4, 0.5) is 11.6 Å². The predicted octanol–water partition coefficient (Wildman–Crippen LogP) is 1.73. The van der Waals surface area contributed by atoms with Crippen molar-refractivity contribution < 1.29 is 5.11 Å². The Kier molecular flexibility index (Phi) is 3.89. The molecule has 0 radical (unpaired) electrons. The minimum Gasteiger partial charge on any atom is -0.387 e. The lowest BCUT2D eigenvalue weighted by atomic mass is 10.2. The Hall–Kier alpha value is -1.66. The van der Waals surface area contributed by atoms with Crippen molar-refractivity contribution >= 4 is 23.0 Å². The summed E-state index contributed by atoms with van der Waals surface area (Å²) in [6, 6.07) is 1.91. The average molecular weight is 250 g/mol. The standard InChI is InChI=1S/C11H14N4OS/c1-12-10-5-13-6-11(15-10)14-4-9(16)8-2-3-17-7-8/h2-3,5-7,9,16H,4H2,1H3,(H2,12,14,15). The number of rotatable bonds is 5. The number of anilines is 2. The van der Waals surface area contributed by atoms with Crippen LogP contribution in [0, 0.1) is 0 Å². The number of nitrogens with one attached hydrogen (secondary N) is 2. The van der Waals surface area contributed by atoms with E-state index in [-0.39, 0.29) is 0 Å². The zero-order chi connectivity index (χ0) is 12.1. The fourth-order valence-corrected chi connectivity index (χ4v) is 2.06. The molecule has 2 aromatic heterocycles. The summed E-state index contributed by atoms with van der Waals surface area (Å²) in [4.78, 5) is 8.28. The molecule has 0 bridgehead atoms. The third-order valence-electron chi connectivity index (χ3n) is 2.30. The molecular weight excluding hydrogens is 236 g/mol. The van der Waals surface area contributed by atoms with Crippen molar-refractivity contribution in [2.45, 2.75) is 6.10 Å². The molecule has 3 N–H and O–H groups in total. The van der Waals surface area contributed by atoms with Crippen LogP contribution in [-0.2, 0) is 0 Å². The summed E-state index contributed by atoms with van der Waals surface area (Å²) in [6.07, 6.45) is 2.74. The van der Waals surface area contributed by atoms with E-state index in [4.69, 9.17) is 0 Å². The van der Waals surface area contributed by atoms with Gasteiger partial charge >= 0.3 is 0 Å². The number of nitrogens with zero attached hydrogens (tertiary/aromatic N) is 2. The van der Waals surface area contributed by atoms with Crippen LogP contribution in [0.1, 0.15) is 11.7 Å². The molecule has 1 atom stereocenters. The fourth-order valence-electron chi connectivity index (χ4n) is 1.36. The van der Waals surface area contributed by atoms with Crippen molar-refractivity contribution in [1.82, 2.24) is 9.97 Å². The van der Waals surface area contributed by atoms with Crippen molar-refractivity contribution in [3.8, 4) is 0 Å². The van der Waals surface area contributed by atoms with Gasteiger partial charge in [-0.25, -0.2) is 4.98 Å². The van der Waals surface area contributed by atoms with Gasteiger partial charge in [-0.15, -0.1) is 0 Å². The van der Waals surface area contributed by atoms with E-state index in [1.54, 1.807) is 30.8 Å². The SMILES string of the molecule is CNc1cncc(NCC(O)c2ccsc2)n1. The van der Waals surface area contributed by atoms with E-state index >= 15 is 0 Å². The van der Waals surface area contributed by atoms with E-state index in [2.05, 4.69) is 20.6 Å². The molecule has 0 aliphatic carbocycles. The van der Waals surface area contributed by atoms with Crippen molar-refractivity contribution in [1.29, 1.82) is 0 Å². The van der Waals surface area contributed by atoms with Gasteiger partial charge in [-0.3, -0.25) is 4.98 Å². The molecule has 0 fully saturated rings. The molecule has 0 amide bonds. The molecule has 0 spiro atoms. The third kappa shape index (κ3) is 3.15. The lowest BCUT2D eigenvalue weighted by Gasteiger charge is -2.11. The molecule has 0 saturated carbocycles. The highest BCUT2D eigenvalue weighted by molar-refractivity contribution is 7.07. The van der Waals surface area contributed by atoms with Crippen LogP contribution in [0.15, 0.2) is 29.2 Å². The maximum atomic E-state index is 9.88. The van der Waals surface area contributed by atoms with Crippen LogP contribution >= 0.6 is 11.3 Å². The first-order valence-electron chi connectivity index (χ1n) is 5.23. The van der Waals surface area contributed by atoms with Gasteiger partial charge in [-0.1, -0.05) is 0 Å². The highest BCUT2D eigenvalue weighted by Crippen LogP contribution is 2.16. The van der Waals surface area contributed by atoms with Gasteiger partial charge in [0.25, 0.3) is 0 Å². The Labute approximate surface area is 104 Å². The fraction of sp³-hybridized carbons (Fsp3) is 0.273. The second-order valence-corrected chi connectivity index (χ2v) is 4.27. The molecule has 0 aromatic carbocycles. The number of aliphatic hydroxyl groups excluding tert-OH is 1. The first-order valence-corrected chi connectivity index (χ1v) is 6.17. The number of aromatic nitrogens is 2. The zero-order valence-corrected chi connectivity index (χ0v) is 10.2. The van der Waals surface area contributed by atoms with Crippen LogP contribution < -0.4 is 10.6 Å². The van der Waals surface area contributed by atoms with E-state index in [1.165, 1.54) is 0 Å². The zero-order valence-electron chi connectivity index (χ0n) is 9.42. The van der Waals surface area contributed by atoms with Gasteiger partial charge in [0.2, 0.25) is 0 Å². The minimum atomic E-state index is -0.527. The molecule has 0 aliphatic heterocycles. The lowest BCUT2D eigenvalue weighted by Crippen LogP contribution is -2.12. The second-order valence-electron chi connectivity index (χ2n) is 3.49. The largest absolute Gasteiger partial charge is 0.387 e. The highest BCUT2D eigenvalue weighted by Gasteiger charge is 2.07. The Morgan fingerprint density at radius 1 is 1.41 bits per heavy atom. The second kappa shape index (κ2) is 5.60. The number of thiophene rings is 1. The third-order valence-corrected chi connectivity index (χ3v) is 3.00. The summed E-state index contributed by atoms with van der Waals surface area (Å²) in [5.41, 5.74) is 0.917. The Balaban J connectivity index is 1.93. The molecule has 0 aliphatic rings. The van der Waals surface area contributed by atoms with Gasteiger partial charge in [0, 0.05) is 13.6 Å². The summed E-state index contributed by atoms with van der Waals surface area (Å²) >= 11 is 1.57. The first-order chi connectivity index (χ1) is 8.29. The molecule has 2 aromatic rings. The molecule has 5 nitrogen and oxygen atoms in total. The maximum absolute atomic E-state index is 9.88. The smallest absolute Gasteiger partial charge is 0.147 e. The normalized spacial score (nSPS) is 12.1. The molecule has 2 rings (SSSR count). The van der Waals surface area contributed by atoms with Crippen molar-refractivity contribution in [2.24, 2.45) is 0 Å². The number of hydrogen-bond acceptors (Lipinski definition) is 6. The molecule has 1 unspecified atom stereocenters. The van der Waals surface area contributed by atoms with E-state index < -0.39 is 6.10 Å². The summed E-state index contributed by atoms with van der Waals surface area (Å²) in [5, 5.41) is 19.7. The topological polar surface area (TPSA) is 70.1 Å². The first kappa shape index (κ1) is 11.8. The molecule has 0 saturated heterocycles. The molecular formula is C11H14N4OS. The van der Waals surface area contributed by atoms with Gasteiger partial charge in [-0.05, 0) is 22.4 Å². The Bertz CT molecular complexity index is 460. The number of hydrogen-bond donors (Lipinski definition) is 3. The van der Waals surface area contributed by atoms with Crippen LogP contribution in [0.5, 0.6) is 0 Å². The Morgan fingerprint density at radius 3 is 2.94 bits per heavy atom. The molecule has 6 heteroatoms. The highest BCUT2D eigenvalue weighted by atomic mass is 32.1. The van der Waals surface area contributed by atoms with Gasteiger partial charge in [0.15, 0.2) is 0 Å². The van der Waals surface area contributed by atoms with E-state index in [1.807, 2.05) is 16.8 Å². The van der Waals surface area contributed by atoms with E-state index in [0.717, 1.165) is 5.56 Å². The lowest BCUT2D eigenvalue weighted by molar-refractivity contribution is 0.192. The monoisotopic (exact) mass is 250 g/mol. The van der Waals surface area contributed by atoms with Crippen LogP contribution in [0.3, 0.4) is 0 Å². The van der Waals surface area contributed by atoms with Gasteiger partial charge in [0.05, 0.1) is 18.5 Å². The Morgan fingerprint density at radius 2 is 2.24 bits per heavy atom. The quantitative estimate of drug-likeness (QED) is 0.754. The van der Waals surface area contributed by atoms with Crippen molar-refractivity contribution in [3.63, 3.8) is 0 Å². The summed E-state index contributed by atoms with van der Waals surface area (Å²) in [6.45, 7) is 0.415. The summed E-state index contributed by atoms with van der Waals surface area (Å²) in [5.74, 6) is 1.34. The average Bonchev–Trinajstić information content (AvgIpc) is 2.90. The molecule has 2 heterocycles. The van der Waals surface area contributed by atoms with Gasteiger partial charge in [0.1, 0.15) is 11.6 Å². The number of aliphatic hydroxyl groups is 1. The molecule has 90 valence electrons. The van der Waals surface area contributed by atoms with Crippen molar-refractivity contribution in [2.75, 3.05) is 24.2 Å². The van der Waals surface area contributed by atoms with Gasteiger partial charge < -0.3 is 15.7 Å². The van der Waals surface area contributed by atoms with Crippen LogP contribution in [0.2, 0.25) is 0 Å². The van der Waals surface area contributed by atoms with Gasteiger partial charge in [-0.2, -0.15) is 11.3 Å². The molecule has 17 heavy (non-hydrogen) atoms.